The molecule has 0 rings (SSSR count). The highest BCUT2D eigenvalue weighted by Crippen LogP contribution is 1.93. The maximum absolute atomic E-state index is 11.5. The molecule has 0 heterocycles. The van der Waals surface area contributed by atoms with E-state index in [0.717, 1.165) is 0 Å². The molecule has 0 aliphatic carbocycles. The Morgan fingerprint density at radius 2 is 1.35 bits per heavy atom. The molecule has 0 fully saturated rings. The maximum Gasteiger partial charge on any atom is 0.409 e. The average molecular weight is 380 g/mol. The minimum atomic E-state index is -0.877. The first kappa shape index (κ1) is 24.5. The number of methoxy groups -OCH3 is 1. The molecule has 0 aromatic heterocycles. The second-order valence-corrected chi connectivity index (χ2v) is 5.15. The Kier molecular flexibility index (Phi) is 17.3. The monoisotopic (exact) mass is 380 g/mol. The number of carbonyl (C=O) groups is 2. The number of nitrogens with zero attached hydrogens (tertiary/aromatic N) is 1. The van der Waals surface area contributed by atoms with Crippen molar-refractivity contribution in [2.24, 2.45) is 0 Å². The lowest BCUT2D eigenvalue weighted by Crippen LogP contribution is -2.38. The average Bonchev–Trinajstić information content (AvgIpc) is 2.63. The van der Waals surface area contributed by atoms with E-state index >= 15 is 0 Å². The Morgan fingerprint density at radius 1 is 0.846 bits per heavy atom. The number of likely N-dealkylation sites (N-methyl/N-ethyl adjacent to an activating group) is 1. The molecule has 0 atom stereocenters. The summed E-state index contributed by atoms with van der Waals surface area (Å²) in [5.41, 5.74) is 0. The van der Waals surface area contributed by atoms with E-state index in [1.807, 2.05) is 7.05 Å². The molecule has 0 aliphatic rings. The van der Waals surface area contributed by atoms with Gasteiger partial charge in [-0.2, -0.15) is 0 Å². The summed E-state index contributed by atoms with van der Waals surface area (Å²) in [6.45, 7) is 4.80. The zero-order chi connectivity index (χ0) is 19.5. The molecule has 0 aromatic rings. The molecule has 1 amide bonds. The van der Waals surface area contributed by atoms with Crippen LogP contribution < -0.4 is 5.32 Å². The van der Waals surface area contributed by atoms with Crippen LogP contribution in [0, 0.1) is 0 Å². The van der Waals surface area contributed by atoms with E-state index in [0.29, 0.717) is 65.9 Å². The molecular formula is C16H32N2O8. The van der Waals surface area contributed by atoms with Gasteiger partial charge in [-0.25, -0.2) is 4.79 Å². The largest absolute Gasteiger partial charge is 0.481 e. The number of hydrogen-bond donors (Lipinski definition) is 2. The number of carboxylic acids is 1. The lowest BCUT2D eigenvalue weighted by atomic mass is 10.5. The number of ether oxygens (including phenoxy) is 5. The van der Waals surface area contributed by atoms with Crippen LogP contribution in [0.2, 0.25) is 0 Å². The molecule has 0 aromatic carbocycles. The number of rotatable bonds is 18. The predicted molar refractivity (Wildman–Crippen MR) is 93.4 cm³/mol. The molecule has 10 heteroatoms. The summed E-state index contributed by atoms with van der Waals surface area (Å²) in [6, 6.07) is 0. The third-order valence-corrected chi connectivity index (χ3v) is 3.15. The van der Waals surface area contributed by atoms with Crippen LogP contribution in [-0.4, -0.2) is 109 Å². The number of aliphatic carboxylic acids is 1. The van der Waals surface area contributed by atoms with Crippen LogP contribution in [0.5, 0.6) is 0 Å². The van der Waals surface area contributed by atoms with Crippen molar-refractivity contribution in [2.45, 2.75) is 6.42 Å². The Hall–Kier alpha value is -1.46. The van der Waals surface area contributed by atoms with Crippen molar-refractivity contribution in [1.29, 1.82) is 0 Å². The molecular weight excluding hydrogens is 348 g/mol. The topological polar surface area (TPSA) is 116 Å². The number of amides is 1. The highest BCUT2D eigenvalue weighted by Gasteiger charge is 2.12. The molecule has 0 radical (unpaired) electrons. The third kappa shape index (κ3) is 16.0. The lowest BCUT2D eigenvalue weighted by molar-refractivity contribution is -0.138. The standard InChI is InChI=1S/C16H32N2O8/c1-17-4-5-18(16(21)22-2)6-8-24-10-12-26-14-13-25-11-9-23-7-3-15(19)20/h17H,3-14H2,1-2H3,(H,19,20). The van der Waals surface area contributed by atoms with E-state index in [9.17, 15) is 9.59 Å². The van der Waals surface area contributed by atoms with Crippen LogP contribution in [0.25, 0.3) is 0 Å². The second-order valence-electron chi connectivity index (χ2n) is 5.15. The van der Waals surface area contributed by atoms with Gasteiger partial charge in [0.2, 0.25) is 0 Å². The molecule has 0 bridgehead atoms. The summed E-state index contributed by atoms with van der Waals surface area (Å²) in [5.74, 6) is -0.877. The van der Waals surface area contributed by atoms with Gasteiger partial charge >= 0.3 is 12.1 Å². The molecule has 0 spiro atoms. The van der Waals surface area contributed by atoms with E-state index in [1.165, 1.54) is 7.11 Å². The van der Waals surface area contributed by atoms with Gasteiger partial charge in [0.1, 0.15) is 0 Å². The first-order valence-electron chi connectivity index (χ1n) is 8.62. The number of nitrogens with one attached hydrogen (secondary N) is 1. The van der Waals surface area contributed by atoms with Crippen molar-refractivity contribution in [3.05, 3.63) is 0 Å². The second kappa shape index (κ2) is 18.3. The molecule has 154 valence electrons. The fourth-order valence-electron chi connectivity index (χ4n) is 1.77. The van der Waals surface area contributed by atoms with Crippen molar-refractivity contribution < 1.29 is 38.4 Å². The van der Waals surface area contributed by atoms with E-state index < -0.39 is 5.97 Å². The van der Waals surface area contributed by atoms with E-state index in [1.54, 1.807) is 4.90 Å². The van der Waals surface area contributed by atoms with Crippen LogP contribution in [-0.2, 0) is 28.5 Å². The molecule has 2 N–H and O–H groups in total. The summed E-state index contributed by atoms with van der Waals surface area (Å²) < 4.78 is 25.8. The SMILES string of the molecule is CNCCN(CCOCCOCCOCCOCCC(=O)O)C(=O)OC. The maximum atomic E-state index is 11.5. The lowest BCUT2D eigenvalue weighted by Gasteiger charge is -2.20. The van der Waals surface area contributed by atoms with Gasteiger partial charge in [0.15, 0.2) is 0 Å². The van der Waals surface area contributed by atoms with Gasteiger partial charge in [0, 0.05) is 19.6 Å². The molecule has 0 aliphatic heterocycles. The minimum absolute atomic E-state index is 0.00398. The van der Waals surface area contributed by atoms with Crippen LogP contribution in [0.15, 0.2) is 0 Å². The van der Waals surface area contributed by atoms with Gasteiger partial charge in [0.05, 0.1) is 66.4 Å². The Balaban J connectivity index is 3.36. The molecule has 26 heavy (non-hydrogen) atoms. The summed E-state index contributed by atoms with van der Waals surface area (Å²) in [5, 5.41) is 11.4. The van der Waals surface area contributed by atoms with Gasteiger partial charge in [-0.05, 0) is 7.05 Å². The third-order valence-electron chi connectivity index (χ3n) is 3.15. The highest BCUT2D eigenvalue weighted by atomic mass is 16.6. The minimum Gasteiger partial charge on any atom is -0.481 e. The van der Waals surface area contributed by atoms with Crippen molar-refractivity contribution >= 4 is 12.1 Å². The summed E-state index contributed by atoms with van der Waals surface area (Å²) in [6.07, 6.45) is -0.375. The summed E-state index contributed by atoms with van der Waals surface area (Å²) in [4.78, 5) is 23.4. The molecule has 0 saturated heterocycles. The predicted octanol–water partition coefficient (Wildman–Crippen LogP) is -0.185. The van der Waals surface area contributed by atoms with Gasteiger partial charge in [-0.15, -0.1) is 0 Å². The quantitative estimate of drug-likeness (QED) is 0.312. The van der Waals surface area contributed by atoms with E-state index in [-0.39, 0.29) is 19.1 Å². The zero-order valence-electron chi connectivity index (χ0n) is 15.7. The van der Waals surface area contributed by atoms with Crippen molar-refractivity contribution in [3.63, 3.8) is 0 Å². The van der Waals surface area contributed by atoms with Crippen LogP contribution in [0.1, 0.15) is 6.42 Å². The van der Waals surface area contributed by atoms with E-state index in [4.69, 9.17) is 28.8 Å². The van der Waals surface area contributed by atoms with Crippen molar-refractivity contribution in [2.75, 3.05) is 86.6 Å². The normalized spacial score (nSPS) is 10.7. The molecule has 0 unspecified atom stereocenters. The van der Waals surface area contributed by atoms with Crippen LogP contribution in [0.3, 0.4) is 0 Å². The fraction of sp³-hybridized carbons (Fsp3) is 0.875. The molecule has 0 saturated carbocycles. The van der Waals surface area contributed by atoms with Gasteiger partial charge < -0.3 is 39.0 Å². The van der Waals surface area contributed by atoms with Crippen molar-refractivity contribution in [1.82, 2.24) is 10.2 Å². The van der Waals surface area contributed by atoms with Gasteiger partial charge in [0.25, 0.3) is 0 Å². The van der Waals surface area contributed by atoms with E-state index in [2.05, 4.69) is 5.32 Å². The van der Waals surface area contributed by atoms with Crippen molar-refractivity contribution in [3.8, 4) is 0 Å². The summed E-state index contributed by atoms with van der Waals surface area (Å²) >= 11 is 0. The number of carboxylic acid groups (broad SMARTS) is 1. The van der Waals surface area contributed by atoms with Gasteiger partial charge in [-0.3, -0.25) is 4.79 Å². The number of carbonyl (C=O) groups excluding carboxylic acids is 1. The zero-order valence-corrected chi connectivity index (χ0v) is 15.7. The fourth-order valence-corrected chi connectivity index (χ4v) is 1.77. The molecule has 10 nitrogen and oxygen atoms in total. The first-order chi connectivity index (χ1) is 12.6. The van der Waals surface area contributed by atoms with Crippen LogP contribution in [0.4, 0.5) is 4.79 Å². The summed E-state index contributed by atoms with van der Waals surface area (Å²) in [7, 11) is 3.17. The smallest absolute Gasteiger partial charge is 0.409 e. The number of hydrogen-bond acceptors (Lipinski definition) is 8. The Bertz CT molecular complexity index is 357. The van der Waals surface area contributed by atoms with Crippen LogP contribution >= 0.6 is 0 Å². The van der Waals surface area contributed by atoms with Gasteiger partial charge in [-0.1, -0.05) is 0 Å². The Morgan fingerprint density at radius 3 is 1.81 bits per heavy atom. The Labute approximate surface area is 154 Å². The highest BCUT2D eigenvalue weighted by molar-refractivity contribution is 5.67. The first-order valence-corrected chi connectivity index (χ1v) is 8.62.